The van der Waals surface area contributed by atoms with Crippen molar-refractivity contribution < 1.29 is 19.1 Å². The number of nitrogens with zero attached hydrogens (tertiary/aromatic N) is 1. The Kier molecular flexibility index (Phi) is 6.00. The Bertz CT molecular complexity index is 579. The van der Waals surface area contributed by atoms with E-state index in [4.69, 9.17) is 9.47 Å². The fourth-order valence-electron chi connectivity index (χ4n) is 1.87. The molecule has 0 unspecified atom stereocenters. The summed E-state index contributed by atoms with van der Waals surface area (Å²) in [5, 5.41) is 5.31. The molecule has 0 spiro atoms. The zero-order chi connectivity index (χ0) is 17.6. The molecule has 0 aliphatic heterocycles. The molecular weight excluding hydrogens is 310 g/mol. The molecule has 1 aliphatic carbocycles. The molecule has 1 fully saturated rings. The molecule has 2 N–H and O–H groups in total. The summed E-state index contributed by atoms with van der Waals surface area (Å²) in [6.45, 7) is 6.62. The van der Waals surface area contributed by atoms with Crippen LogP contribution in [0.25, 0.3) is 0 Å². The van der Waals surface area contributed by atoms with E-state index in [0.29, 0.717) is 30.5 Å². The lowest BCUT2D eigenvalue weighted by molar-refractivity contribution is 0.0526. The molecular formula is C17H25N3O4. The maximum atomic E-state index is 12.1. The number of amides is 2. The second-order valence-corrected chi connectivity index (χ2v) is 6.82. The van der Waals surface area contributed by atoms with Crippen LogP contribution < -0.4 is 15.4 Å². The topological polar surface area (TPSA) is 89.6 Å². The van der Waals surface area contributed by atoms with Crippen LogP contribution in [0.2, 0.25) is 0 Å². The van der Waals surface area contributed by atoms with Crippen LogP contribution in [0.1, 0.15) is 44.0 Å². The quantitative estimate of drug-likeness (QED) is 0.745. The van der Waals surface area contributed by atoms with Gasteiger partial charge in [-0.15, -0.1) is 0 Å². The van der Waals surface area contributed by atoms with E-state index in [0.717, 1.165) is 0 Å². The monoisotopic (exact) mass is 335 g/mol. The zero-order valence-electron chi connectivity index (χ0n) is 14.4. The molecule has 2 amide bonds. The molecule has 1 aromatic heterocycles. The Morgan fingerprint density at radius 3 is 2.62 bits per heavy atom. The molecule has 1 saturated carbocycles. The Morgan fingerprint density at radius 2 is 1.96 bits per heavy atom. The summed E-state index contributed by atoms with van der Waals surface area (Å²) in [5.74, 6) is 0.851. The molecule has 1 aromatic rings. The smallest absolute Gasteiger partial charge is 0.407 e. The number of carbonyl (C=O) groups is 2. The van der Waals surface area contributed by atoms with Gasteiger partial charge in [0.05, 0.1) is 6.61 Å². The first-order valence-electron chi connectivity index (χ1n) is 8.17. The van der Waals surface area contributed by atoms with Gasteiger partial charge in [-0.2, -0.15) is 0 Å². The first-order valence-corrected chi connectivity index (χ1v) is 8.17. The second kappa shape index (κ2) is 7.99. The molecule has 7 nitrogen and oxygen atoms in total. The molecule has 1 aliphatic rings. The number of carbonyl (C=O) groups excluding carboxylic acids is 2. The fraction of sp³-hybridized carbons (Fsp3) is 0.588. The van der Waals surface area contributed by atoms with E-state index >= 15 is 0 Å². The van der Waals surface area contributed by atoms with Gasteiger partial charge in [0, 0.05) is 30.9 Å². The number of aromatic nitrogens is 1. The highest BCUT2D eigenvalue weighted by Gasteiger charge is 2.22. The average molecular weight is 335 g/mol. The lowest BCUT2D eigenvalue weighted by atomic mass is 10.2. The Morgan fingerprint density at radius 1 is 1.25 bits per heavy atom. The maximum absolute atomic E-state index is 12.1. The predicted octanol–water partition coefficient (Wildman–Crippen LogP) is 2.12. The highest BCUT2D eigenvalue weighted by molar-refractivity contribution is 5.94. The SMILES string of the molecule is CC(C)(C)OC(=O)NCCNC(=O)c1ccnc(OCC2CC2)c1. The van der Waals surface area contributed by atoms with Gasteiger partial charge in [0.15, 0.2) is 0 Å². The summed E-state index contributed by atoms with van der Waals surface area (Å²) in [6, 6.07) is 3.25. The van der Waals surface area contributed by atoms with Crippen LogP contribution in [0.3, 0.4) is 0 Å². The van der Waals surface area contributed by atoms with Crippen molar-refractivity contribution in [3.8, 4) is 5.88 Å². The number of pyridine rings is 1. The van der Waals surface area contributed by atoms with Crippen LogP contribution in [0.5, 0.6) is 5.88 Å². The first-order chi connectivity index (χ1) is 11.3. The van der Waals surface area contributed by atoms with Crippen molar-refractivity contribution in [2.24, 2.45) is 5.92 Å². The summed E-state index contributed by atoms with van der Waals surface area (Å²) in [4.78, 5) is 27.7. The van der Waals surface area contributed by atoms with Crippen LogP contribution in [-0.4, -0.2) is 42.3 Å². The van der Waals surface area contributed by atoms with Crippen LogP contribution in [0.15, 0.2) is 18.3 Å². The number of hydrogen-bond donors (Lipinski definition) is 2. The van der Waals surface area contributed by atoms with Crippen LogP contribution in [-0.2, 0) is 4.74 Å². The Balaban J connectivity index is 1.70. The zero-order valence-corrected chi connectivity index (χ0v) is 14.4. The summed E-state index contributed by atoms with van der Waals surface area (Å²) in [6.07, 6.45) is 3.45. The van der Waals surface area contributed by atoms with Gasteiger partial charge in [-0.05, 0) is 45.6 Å². The van der Waals surface area contributed by atoms with E-state index in [1.165, 1.54) is 12.8 Å². The number of nitrogens with one attached hydrogen (secondary N) is 2. The van der Waals surface area contributed by atoms with E-state index in [2.05, 4.69) is 15.6 Å². The van der Waals surface area contributed by atoms with Gasteiger partial charge in [-0.1, -0.05) is 0 Å². The molecule has 2 rings (SSSR count). The second-order valence-electron chi connectivity index (χ2n) is 6.82. The van der Waals surface area contributed by atoms with Crippen molar-refractivity contribution in [2.75, 3.05) is 19.7 Å². The molecule has 0 atom stereocenters. The number of ether oxygens (including phenoxy) is 2. The highest BCUT2D eigenvalue weighted by atomic mass is 16.6. The maximum Gasteiger partial charge on any atom is 0.407 e. The molecule has 0 saturated heterocycles. The van der Waals surface area contributed by atoms with Crippen molar-refractivity contribution in [2.45, 2.75) is 39.2 Å². The number of hydrogen-bond acceptors (Lipinski definition) is 5. The Hall–Kier alpha value is -2.31. The lowest BCUT2D eigenvalue weighted by Gasteiger charge is -2.19. The van der Waals surface area contributed by atoms with Gasteiger partial charge < -0.3 is 20.1 Å². The van der Waals surface area contributed by atoms with Gasteiger partial charge in [-0.25, -0.2) is 9.78 Å². The van der Waals surface area contributed by atoms with Crippen molar-refractivity contribution in [3.05, 3.63) is 23.9 Å². The van der Waals surface area contributed by atoms with Crippen molar-refractivity contribution in [1.82, 2.24) is 15.6 Å². The third-order valence-electron chi connectivity index (χ3n) is 3.24. The molecule has 0 bridgehead atoms. The van der Waals surface area contributed by atoms with E-state index in [1.807, 2.05) is 0 Å². The van der Waals surface area contributed by atoms with Crippen LogP contribution in [0, 0.1) is 5.92 Å². The minimum absolute atomic E-state index is 0.236. The van der Waals surface area contributed by atoms with Gasteiger partial charge in [0.2, 0.25) is 5.88 Å². The van der Waals surface area contributed by atoms with Crippen LogP contribution in [0.4, 0.5) is 4.79 Å². The molecule has 24 heavy (non-hydrogen) atoms. The minimum atomic E-state index is -0.540. The van der Waals surface area contributed by atoms with Gasteiger partial charge in [-0.3, -0.25) is 4.79 Å². The van der Waals surface area contributed by atoms with Crippen LogP contribution >= 0.6 is 0 Å². The average Bonchev–Trinajstić information content (AvgIpc) is 3.32. The third kappa shape index (κ3) is 6.85. The Labute approximate surface area is 142 Å². The van der Waals surface area contributed by atoms with E-state index in [9.17, 15) is 9.59 Å². The predicted molar refractivity (Wildman–Crippen MR) is 89.0 cm³/mol. The number of rotatable bonds is 7. The molecule has 7 heteroatoms. The van der Waals surface area contributed by atoms with E-state index in [1.54, 1.807) is 39.1 Å². The molecule has 0 aromatic carbocycles. The third-order valence-corrected chi connectivity index (χ3v) is 3.24. The molecule has 1 heterocycles. The van der Waals surface area contributed by atoms with Crippen molar-refractivity contribution in [1.29, 1.82) is 0 Å². The van der Waals surface area contributed by atoms with Crippen molar-refractivity contribution >= 4 is 12.0 Å². The summed E-state index contributed by atoms with van der Waals surface area (Å²) in [5.41, 5.74) is -0.0607. The summed E-state index contributed by atoms with van der Waals surface area (Å²) >= 11 is 0. The largest absolute Gasteiger partial charge is 0.477 e. The van der Waals surface area contributed by atoms with Gasteiger partial charge >= 0.3 is 6.09 Å². The lowest BCUT2D eigenvalue weighted by Crippen LogP contribution is -2.37. The van der Waals surface area contributed by atoms with Gasteiger partial charge in [0.25, 0.3) is 5.91 Å². The number of alkyl carbamates (subject to hydrolysis) is 1. The van der Waals surface area contributed by atoms with E-state index < -0.39 is 11.7 Å². The standard InChI is InChI=1S/C17H25N3O4/c1-17(2,3)24-16(22)20-9-8-19-15(21)13-6-7-18-14(10-13)23-11-12-4-5-12/h6-7,10,12H,4-5,8-9,11H2,1-3H3,(H,19,21)(H,20,22). The van der Waals surface area contributed by atoms with Gasteiger partial charge in [0.1, 0.15) is 5.60 Å². The van der Waals surface area contributed by atoms with Crippen molar-refractivity contribution in [3.63, 3.8) is 0 Å². The summed E-state index contributed by atoms with van der Waals surface area (Å²) < 4.78 is 10.7. The highest BCUT2D eigenvalue weighted by Crippen LogP contribution is 2.29. The molecule has 0 radical (unpaired) electrons. The first kappa shape index (κ1) is 18.0. The minimum Gasteiger partial charge on any atom is -0.477 e. The summed E-state index contributed by atoms with van der Waals surface area (Å²) in [7, 11) is 0. The normalized spacial score (nSPS) is 14.0. The molecule has 132 valence electrons. The fourth-order valence-corrected chi connectivity index (χ4v) is 1.87. The van der Waals surface area contributed by atoms with E-state index in [-0.39, 0.29) is 12.5 Å².